The third-order valence-electron chi connectivity index (χ3n) is 4.11. The molecular formula is C22H28O3. The van der Waals surface area contributed by atoms with Crippen LogP contribution in [0.25, 0.3) is 10.8 Å². The number of carbonyl (C=O) groups excluding carboxylic acids is 1. The van der Waals surface area contributed by atoms with E-state index in [0.717, 1.165) is 31.6 Å². The van der Waals surface area contributed by atoms with Gasteiger partial charge in [0.1, 0.15) is 5.75 Å². The van der Waals surface area contributed by atoms with Crippen LogP contribution in [0.3, 0.4) is 0 Å². The van der Waals surface area contributed by atoms with Crippen molar-refractivity contribution >= 4 is 16.7 Å². The summed E-state index contributed by atoms with van der Waals surface area (Å²) in [4.78, 5) is 11.2. The minimum absolute atomic E-state index is 0.286. The molecule has 2 aromatic rings. The molecule has 25 heavy (non-hydrogen) atoms. The number of esters is 1. The summed E-state index contributed by atoms with van der Waals surface area (Å²) in [6.45, 7) is 6.49. The molecule has 0 saturated carbocycles. The monoisotopic (exact) mass is 340 g/mol. The molecule has 0 aliphatic carbocycles. The molecule has 0 atom stereocenters. The summed E-state index contributed by atoms with van der Waals surface area (Å²) in [6, 6.07) is 14.6. The van der Waals surface area contributed by atoms with Gasteiger partial charge in [-0.25, -0.2) is 4.79 Å². The van der Waals surface area contributed by atoms with Crippen LogP contribution >= 0.6 is 0 Å². The van der Waals surface area contributed by atoms with Crippen molar-refractivity contribution in [3.63, 3.8) is 0 Å². The fraction of sp³-hybridized carbons (Fsp3) is 0.409. The van der Waals surface area contributed by atoms with Crippen molar-refractivity contribution in [2.45, 2.75) is 45.4 Å². The molecule has 0 aromatic heterocycles. The lowest BCUT2D eigenvalue weighted by atomic mass is 10.1. The average molecular weight is 340 g/mol. The van der Waals surface area contributed by atoms with Crippen molar-refractivity contribution in [1.82, 2.24) is 0 Å². The van der Waals surface area contributed by atoms with Gasteiger partial charge in [-0.05, 0) is 42.7 Å². The quantitative estimate of drug-likeness (QED) is 0.300. The van der Waals surface area contributed by atoms with Crippen molar-refractivity contribution in [3.8, 4) is 5.75 Å². The Labute approximate surface area is 150 Å². The Bertz CT molecular complexity index is 690. The third kappa shape index (κ3) is 7.00. The molecule has 0 radical (unpaired) electrons. The second-order valence-corrected chi connectivity index (χ2v) is 6.39. The van der Waals surface area contributed by atoms with Crippen molar-refractivity contribution in [2.24, 2.45) is 0 Å². The molecule has 0 spiro atoms. The number of ether oxygens (including phenoxy) is 2. The summed E-state index contributed by atoms with van der Waals surface area (Å²) >= 11 is 0. The fourth-order valence-corrected chi connectivity index (χ4v) is 2.65. The topological polar surface area (TPSA) is 35.5 Å². The summed E-state index contributed by atoms with van der Waals surface area (Å²) in [6.07, 6.45) is 6.61. The molecule has 0 aliphatic rings. The van der Waals surface area contributed by atoms with Crippen LogP contribution in [0.15, 0.2) is 54.6 Å². The van der Waals surface area contributed by atoms with Crippen molar-refractivity contribution < 1.29 is 14.3 Å². The highest BCUT2D eigenvalue weighted by Crippen LogP contribution is 2.20. The fourth-order valence-electron chi connectivity index (χ4n) is 2.65. The number of hydrogen-bond donors (Lipinski definition) is 0. The normalized spacial score (nSPS) is 10.6. The number of benzene rings is 2. The van der Waals surface area contributed by atoms with Crippen LogP contribution in [0.4, 0.5) is 0 Å². The van der Waals surface area contributed by atoms with Crippen LogP contribution in [0.5, 0.6) is 5.75 Å². The molecular weight excluding hydrogens is 312 g/mol. The van der Waals surface area contributed by atoms with Crippen LogP contribution in [0, 0.1) is 0 Å². The molecule has 0 unspecified atom stereocenters. The number of hydrogen-bond acceptors (Lipinski definition) is 3. The van der Waals surface area contributed by atoms with Gasteiger partial charge in [0.25, 0.3) is 0 Å². The molecule has 0 aliphatic heterocycles. The number of carbonyl (C=O) groups is 1. The van der Waals surface area contributed by atoms with E-state index in [1.807, 2.05) is 18.2 Å². The van der Waals surface area contributed by atoms with Gasteiger partial charge in [0.15, 0.2) is 0 Å². The van der Waals surface area contributed by atoms with Gasteiger partial charge in [-0.15, -0.1) is 0 Å². The second kappa shape index (κ2) is 10.5. The Kier molecular flexibility index (Phi) is 8.03. The zero-order valence-corrected chi connectivity index (χ0v) is 15.1. The molecule has 3 heteroatoms. The SMILES string of the molecule is C=C(C)C(=O)OCCCCCCCCOc1ccc2ccccc2c1. The Morgan fingerprint density at radius 3 is 2.24 bits per heavy atom. The first kappa shape index (κ1) is 19.0. The first-order valence-corrected chi connectivity index (χ1v) is 9.11. The van der Waals surface area contributed by atoms with Crippen molar-refractivity contribution in [1.29, 1.82) is 0 Å². The largest absolute Gasteiger partial charge is 0.494 e. The summed E-state index contributed by atoms with van der Waals surface area (Å²) < 4.78 is 10.9. The van der Waals surface area contributed by atoms with Crippen LogP contribution < -0.4 is 4.74 Å². The van der Waals surface area contributed by atoms with E-state index in [4.69, 9.17) is 9.47 Å². The van der Waals surface area contributed by atoms with Gasteiger partial charge in [-0.3, -0.25) is 0 Å². The van der Waals surface area contributed by atoms with E-state index >= 15 is 0 Å². The Balaban J connectivity index is 1.49. The lowest BCUT2D eigenvalue weighted by molar-refractivity contribution is -0.139. The van der Waals surface area contributed by atoms with E-state index in [0.29, 0.717) is 12.2 Å². The zero-order valence-electron chi connectivity index (χ0n) is 15.1. The molecule has 0 amide bonds. The van der Waals surface area contributed by atoms with E-state index in [1.54, 1.807) is 6.92 Å². The maximum absolute atomic E-state index is 11.2. The third-order valence-corrected chi connectivity index (χ3v) is 4.11. The second-order valence-electron chi connectivity index (χ2n) is 6.39. The van der Waals surface area contributed by atoms with Crippen molar-refractivity contribution in [2.75, 3.05) is 13.2 Å². The lowest BCUT2D eigenvalue weighted by Crippen LogP contribution is -2.06. The van der Waals surface area contributed by atoms with Crippen LogP contribution in [0.2, 0.25) is 0 Å². The van der Waals surface area contributed by atoms with E-state index in [1.165, 1.54) is 30.0 Å². The predicted octanol–water partition coefficient (Wildman–Crippen LogP) is 5.68. The summed E-state index contributed by atoms with van der Waals surface area (Å²) in [5, 5.41) is 2.45. The molecule has 0 saturated heterocycles. The number of rotatable bonds is 11. The van der Waals surface area contributed by atoms with Crippen molar-refractivity contribution in [3.05, 3.63) is 54.6 Å². The molecule has 3 nitrogen and oxygen atoms in total. The Morgan fingerprint density at radius 2 is 1.52 bits per heavy atom. The van der Waals surface area contributed by atoms with E-state index < -0.39 is 0 Å². The highest BCUT2D eigenvalue weighted by atomic mass is 16.5. The average Bonchev–Trinajstić information content (AvgIpc) is 2.62. The Morgan fingerprint density at radius 1 is 0.880 bits per heavy atom. The predicted molar refractivity (Wildman–Crippen MR) is 103 cm³/mol. The van der Waals surface area contributed by atoms with Crippen LogP contribution in [-0.2, 0) is 9.53 Å². The highest BCUT2D eigenvalue weighted by molar-refractivity contribution is 5.86. The lowest BCUT2D eigenvalue weighted by Gasteiger charge is -2.07. The standard InChI is InChI=1S/C22H28O3/c1-18(2)22(23)25-16-10-6-4-3-5-9-15-24-21-14-13-19-11-7-8-12-20(19)17-21/h7-8,11-14,17H,1,3-6,9-10,15-16H2,2H3. The molecule has 0 N–H and O–H groups in total. The number of fused-ring (bicyclic) bond motifs is 1. The minimum atomic E-state index is -0.286. The van der Waals surface area contributed by atoms with Crippen LogP contribution in [-0.4, -0.2) is 19.2 Å². The van der Waals surface area contributed by atoms with E-state index in [2.05, 4.69) is 30.8 Å². The molecule has 2 aromatic carbocycles. The van der Waals surface area contributed by atoms with Gasteiger partial charge in [-0.1, -0.05) is 62.6 Å². The number of unbranched alkanes of at least 4 members (excludes halogenated alkanes) is 5. The molecule has 0 heterocycles. The maximum atomic E-state index is 11.2. The van der Waals surface area contributed by atoms with Gasteiger partial charge in [0, 0.05) is 5.57 Å². The van der Waals surface area contributed by atoms with Gasteiger partial charge < -0.3 is 9.47 Å². The maximum Gasteiger partial charge on any atom is 0.333 e. The van der Waals surface area contributed by atoms with Crippen LogP contribution in [0.1, 0.15) is 45.4 Å². The first-order chi connectivity index (χ1) is 12.2. The van der Waals surface area contributed by atoms with Gasteiger partial charge in [0.2, 0.25) is 0 Å². The summed E-state index contributed by atoms with van der Waals surface area (Å²) in [5.41, 5.74) is 0.464. The summed E-state index contributed by atoms with van der Waals surface area (Å²) in [5.74, 6) is 0.656. The van der Waals surface area contributed by atoms with Gasteiger partial charge in [0.05, 0.1) is 13.2 Å². The Hall–Kier alpha value is -2.29. The van der Waals surface area contributed by atoms with E-state index in [-0.39, 0.29) is 5.97 Å². The smallest absolute Gasteiger partial charge is 0.333 e. The first-order valence-electron chi connectivity index (χ1n) is 9.11. The molecule has 0 bridgehead atoms. The minimum Gasteiger partial charge on any atom is -0.494 e. The van der Waals surface area contributed by atoms with E-state index in [9.17, 15) is 4.79 Å². The molecule has 2 rings (SSSR count). The highest BCUT2D eigenvalue weighted by Gasteiger charge is 2.02. The van der Waals surface area contributed by atoms with Gasteiger partial charge >= 0.3 is 5.97 Å². The molecule has 0 fully saturated rings. The van der Waals surface area contributed by atoms with Gasteiger partial charge in [-0.2, -0.15) is 0 Å². The summed E-state index contributed by atoms with van der Waals surface area (Å²) in [7, 11) is 0. The molecule has 134 valence electrons. The zero-order chi connectivity index (χ0) is 17.9.